The van der Waals surface area contributed by atoms with E-state index in [0.717, 1.165) is 12.8 Å². The summed E-state index contributed by atoms with van der Waals surface area (Å²) in [7, 11) is 1.57. The fourth-order valence-corrected chi connectivity index (χ4v) is 5.72. The summed E-state index contributed by atoms with van der Waals surface area (Å²) in [5.74, 6) is -2.15. The molecule has 1 heterocycles. The highest BCUT2D eigenvalue weighted by atomic mass is 16.5. The van der Waals surface area contributed by atoms with Crippen molar-refractivity contribution >= 4 is 23.5 Å². The normalized spacial score (nSPS) is 26.0. The topological polar surface area (TPSA) is 105 Å². The van der Waals surface area contributed by atoms with Gasteiger partial charge in [0.2, 0.25) is 11.8 Å². The van der Waals surface area contributed by atoms with Crippen LogP contribution in [0.5, 0.6) is 5.75 Å². The van der Waals surface area contributed by atoms with E-state index in [1.54, 1.807) is 43.2 Å². The minimum absolute atomic E-state index is 0.137. The predicted molar refractivity (Wildman–Crippen MR) is 137 cm³/mol. The van der Waals surface area contributed by atoms with Gasteiger partial charge in [0.1, 0.15) is 11.8 Å². The minimum atomic E-state index is -0.851. The molecule has 3 rings (SSSR count). The molecule has 8 nitrogen and oxygen atoms in total. The van der Waals surface area contributed by atoms with Crippen LogP contribution in [0.1, 0.15) is 47.0 Å². The Morgan fingerprint density at radius 3 is 2.39 bits per heavy atom. The molecule has 0 spiro atoms. The van der Waals surface area contributed by atoms with E-state index in [9.17, 15) is 19.5 Å². The maximum Gasteiger partial charge on any atom is 0.310 e. The van der Waals surface area contributed by atoms with Crippen LogP contribution < -0.4 is 10.1 Å². The Kier molecular flexibility index (Phi) is 9.54. The lowest BCUT2D eigenvalue weighted by atomic mass is 9.69. The first-order chi connectivity index (χ1) is 17.3. The third-order valence-electron chi connectivity index (χ3n) is 7.20. The van der Waals surface area contributed by atoms with Gasteiger partial charge in [-0.15, -0.1) is 0 Å². The quantitative estimate of drug-likeness (QED) is 0.355. The summed E-state index contributed by atoms with van der Waals surface area (Å²) in [6.45, 7) is 7.78. The van der Waals surface area contributed by atoms with Gasteiger partial charge < -0.3 is 24.8 Å². The van der Waals surface area contributed by atoms with Crippen molar-refractivity contribution in [3.05, 3.63) is 36.4 Å². The number of nitrogens with one attached hydrogen (secondary N) is 1. The lowest BCUT2D eigenvalue weighted by Crippen LogP contribution is -2.51. The molecule has 1 saturated heterocycles. The molecule has 2 amide bonds. The first-order valence-corrected chi connectivity index (χ1v) is 13.0. The number of likely N-dealkylation sites (tertiary alicyclic amines) is 1. The number of ether oxygens (including phenoxy) is 2. The molecule has 1 aromatic rings. The van der Waals surface area contributed by atoms with Gasteiger partial charge in [0.25, 0.3) is 0 Å². The summed E-state index contributed by atoms with van der Waals surface area (Å²) < 4.78 is 10.6. The maximum absolute atomic E-state index is 14.0. The van der Waals surface area contributed by atoms with Crippen molar-refractivity contribution in [2.24, 2.45) is 29.6 Å². The van der Waals surface area contributed by atoms with Gasteiger partial charge >= 0.3 is 5.97 Å². The second-order valence-corrected chi connectivity index (χ2v) is 10.1. The number of nitrogens with zero attached hydrogens (tertiary/aromatic N) is 1. The lowest BCUT2D eigenvalue weighted by Gasteiger charge is -2.34. The molecule has 0 bridgehead atoms. The number of methoxy groups -OCH3 is 1. The molecular formula is C28H40N2O6. The van der Waals surface area contributed by atoms with Crippen LogP contribution in [-0.2, 0) is 19.1 Å². The number of amides is 2. The van der Waals surface area contributed by atoms with E-state index in [1.165, 1.54) is 0 Å². The van der Waals surface area contributed by atoms with Crippen LogP contribution in [0, 0.1) is 29.6 Å². The summed E-state index contributed by atoms with van der Waals surface area (Å²) in [5.41, 5.74) is 0.576. The molecule has 2 aliphatic rings. The standard InChI is InChI=1S/C28H40N2O6/c1-6-8-18-9-14-22-24(23(18)28(34)36-7-2)27(33)30(20(16-31)15-17(3)4)25(22)26(32)29-19-10-12-21(35-5)13-11-19/h9-14,17-18,20,22-25,31H,6-8,15-16H2,1-5H3,(H,29,32)/t18-,20-,22+,23-,24+,25+/m1/s1. The second-order valence-electron chi connectivity index (χ2n) is 10.1. The number of esters is 1. The minimum Gasteiger partial charge on any atom is -0.497 e. The van der Waals surface area contributed by atoms with E-state index in [2.05, 4.69) is 5.32 Å². The Morgan fingerprint density at radius 2 is 1.83 bits per heavy atom. The van der Waals surface area contributed by atoms with Crippen molar-refractivity contribution in [3.63, 3.8) is 0 Å². The van der Waals surface area contributed by atoms with Crippen LogP contribution in [0.15, 0.2) is 36.4 Å². The van der Waals surface area contributed by atoms with E-state index in [0.29, 0.717) is 17.9 Å². The first-order valence-electron chi connectivity index (χ1n) is 13.0. The smallest absolute Gasteiger partial charge is 0.310 e. The van der Waals surface area contributed by atoms with Gasteiger partial charge in [-0.3, -0.25) is 14.4 Å². The molecule has 1 aromatic carbocycles. The largest absolute Gasteiger partial charge is 0.497 e. The zero-order valence-corrected chi connectivity index (χ0v) is 22.0. The average Bonchev–Trinajstić information content (AvgIpc) is 3.15. The Balaban J connectivity index is 2.03. The van der Waals surface area contributed by atoms with Crippen molar-refractivity contribution in [1.29, 1.82) is 0 Å². The zero-order valence-electron chi connectivity index (χ0n) is 22.0. The van der Waals surface area contributed by atoms with E-state index in [-0.39, 0.29) is 36.9 Å². The Bertz CT molecular complexity index is 944. The number of aliphatic hydroxyl groups excluding tert-OH is 1. The number of hydrogen-bond donors (Lipinski definition) is 2. The lowest BCUT2D eigenvalue weighted by molar-refractivity contribution is -0.156. The van der Waals surface area contributed by atoms with Gasteiger partial charge in [-0.25, -0.2) is 0 Å². The molecule has 0 saturated carbocycles. The number of hydrogen-bond acceptors (Lipinski definition) is 6. The maximum atomic E-state index is 14.0. The van der Waals surface area contributed by atoms with Gasteiger partial charge in [0, 0.05) is 11.6 Å². The molecular weight excluding hydrogens is 460 g/mol. The summed E-state index contributed by atoms with van der Waals surface area (Å²) in [5, 5.41) is 13.2. The number of allylic oxidation sites excluding steroid dienone is 1. The molecule has 2 N–H and O–H groups in total. The first kappa shape index (κ1) is 27.7. The number of rotatable bonds is 11. The van der Waals surface area contributed by atoms with Crippen LogP contribution in [0.25, 0.3) is 0 Å². The Morgan fingerprint density at radius 1 is 1.14 bits per heavy atom. The Labute approximate surface area is 214 Å². The van der Waals surface area contributed by atoms with Crippen molar-refractivity contribution < 1.29 is 29.0 Å². The molecule has 1 aliphatic heterocycles. The molecule has 1 fully saturated rings. The van der Waals surface area contributed by atoms with E-state index < -0.39 is 35.8 Å². The highest BCUT2D eigenvalue weighted by molar-refractivity contribution is 6.01. The SMILES string of the molecule is CCC[C@@H]1C=C[C@H]2[C@H](C(=O)N([C@@H](CO)CC(C)C)[C@@H]2C(=O)Nc2ccc(OC)cc2)[C@@H]1C(=O)OCC. The zero-order chi connectivity index (χ0) is 26.4. The summed E-state index contributed by atoms with van der Waals surface area (Å²) >= 11 is 0. The van der Waals surface area contributed by atoms with Gasteiger partial charge in [0.05, 0.1) is 38.2 Å². The molecule has 0 unspecified atom stereocenters. The van der Waals surface area contributed by atoms with Gasteiger partial charge in [-0.1, -0.05) is 39.3 Å². The van der Waals surface area contributed by atoms with Gasteiger partial charge in [0.15, 0.2) is 0 Å². The molecule has 8 heteroatoms. The predicted octanol–water partition coefficient (Wildman–Crippen LogP) is 3.65. The summed E-state index contributed by atoms with van der Waals surface area (Å²) in [6.07, 6.45) is 6.05. The number of carbonyl (C=O) groups excluding carboxylic acids is 3. The number of aliphatic hydroxyl groups is 1. The van der Waals surface area contributed by atoms with Crippen molar-refractivity contribution in [1.82, 2.24) is 4.90 Å². The molecule has 198 valence electrons. The highest BCUT2D eigenvalue weighted by Gasteiger charge is 2.58. The third kappa shape index (κ3) is 5.75. The van der Waals surface area contributed by atoms with E-state index in [4.69, 9.17) is 9.47 Å². The molecule has 36 heavy (non-hydrogen) atoms. The van der Waals surface area contributed by atoms with Crippen molar-refractivity contribution in [2.75, 3.05) is 25.6 Å². The fraction of sp³-hybridized carbons (Fsp3) is 0.607. The van der Waals surface area contributed by atoms with Gasteiger partial charge in [-0.2, -0.15) is 0 Å². The number of fused-ring (bicyclic) bond motifs is 1. The van der Waals surface area contributed by atoms with E-state index in [1.807, 2.05) is 32.9 Å². The number of anilines is 1. The number of benzene rings is 1. The summed E-state index contributed by atoms with van der Waals surface area (Å²) in [6, 6.07) is 5.59. The van der Waals surface area contributed by atoms with Crippen LogP contribution in [0.3, 0.4) is 0 Å². The highest BCUT2D eigenvalue weighted by Crippen LogP contribution is 2.47. The van der Waals surface area contributed by atoms with Crippen LogP contribution >= 0.6 is 0 Å². The summed E-state index contributed by atoms with van der Waals surface area (Å²) in [4.78, 5) is 42.4. The molecule has 1 aliphatic carbocycles. The third-order valence-corrected chi connectivity index (χ3v) is 7.20. The Hall–Kier alpha value is -2.87. The van der Waals surface area contributed by atoms with Crippen molar-refractivity contribution in [2.45, 2.75) is 59.0 Å². The molecule has 0 radical (unpaired) electrons. The number of carbonyl (C=O) groups is 3. The van der Waals surface area contributed by atoms with E-state index >= 15 is 0 Å². The van der Waals surface area contributed by atoms with Crippen LogP contribution in [0.4, 0.5) is 5.69 Å². The van der Waals surface area contributed by atoms with Crippen LogP contribution in [-0.4, -0.2) is 60.2 Å². The monoisotopic (exact) mass is 500 g/mol. The molecule has 6 atom stereocenters. The molecule has 0 aromatic heterocycles. The second kappa shape index (κ2) is 12.4. The fourth-order valence-electron chi connectivity index (χ4n) is 5.72. The van der Waals surface area contributed by atoms with Gasteiger partial charge in [-0.05, 0) is 55.9 Å². The van der Waals surface area contributed by atoms with Crippen molar-refractivity contribution in [3.8, 4) is 5.75 Å². The average molecular weight is 501 g/mol. The van der Waals surface area contributed by atoms with Crippen LogP contribution in [0.2, 0.25) is 0 Å².